The van der Waals surface area contributed by atoms with Crippen LogP contribution in [0.1, 0.15) is 30.9 Å². The largest absolute Gasteiger partial charge is 0.489 e. The Hall–Kier alpha value is -2.83. The van der Waals surface area contributed by atoms with Crippen molar-refractivity contribution in [1.82, 2.24) is 20.2 Å². The molecule has 0 unspecified atom stereocenters. The van der Waals surface area contributed by atoms with Gasteiger partial charge in [0.1, 0.15) is 12.4 Å². The zero-order valence-electron chi connectivity index (χ0n) is 17.2. The first-order chi connectivity index (χ1) is 15.2. The number of rotatable bonds is 9. The number of benzene rings is 3. The van der Waals surface area contributed by atoms with Gasteiger partial charge in [-0.2, -0.15) is 0 Å². The lowest BCUT2D eigenvalue weighted by Crippen LogP contribution is -2.10. The Kier molecular flexibility index (Phi) is 6.89. The van der Waals surface area contributed by atoms with Crippen molar-refractivity contribution in [3.63, 3.8) is 0 Å². The van der Waals surface area contributed by atoms with Crippen LogP contribution in [0.2, 0.25) is 10.0 Å². The van der Waals surface area contributed by atoms with Gasteiger partial charge in [-0.05, 0) is 51.4 Å². The van der Waals surface area contributed by atoms with E-state index in [1.807, 2.05) is 30.3 Å². The minimum absolute atomic E-state index is 0.385. The van der Waals surface area contributed by atoms with E-state index in [0.717, 1.165) is 47.0 Å². The number of hydrogen-bond acceptors (Lipinski definition) is 5. The number of unbranched alkanes of at least 4 members (excludes halogenated alkanes) is 1. The maximum Gasteiger partial charge on any atom is 0.243 e. The molecule has 31 heavy (non-hydrogen) atoms. The third kappa shape index (κ3) is 5.09. The molecule has 6 nitrogen and oxygen atoms in total. The molecule has 0 fully saturated rings. The van der Waals surface area contributed by atoms with Crippen LogP contribution in [0.3, 0.4) is 0 Å². The highest BCUT2D eigenvalue weighted by molar-refractivity contribution is 6.42. The number of fused-ring (bicyclic) bond motifs is 1. The molecule has 0 saturated carbocycles. The number of anilines is 1. The molecule has 0 aliphatic carbocycles. The maximum atomic E-state index is 6.19. The van der Waals surface area contributed by atoms with E-state index in [1.54, 1.807) is 10.7 Å². The van der Waals surface area contributed by atoms with Crippen molar-refractivity contribution in [3.8, 4) is 5.75 Å². The average Bonchev–Trinajstić information content (AvgIpc) is 3.24. The lowest BCUT2D eigenvalue weighted by atomic mass is 10.0. The van der Waals surface area contributed by atoms with E-state index in [-0.39, 0.29) is 0 Å². The van der Waals surface area contributed by atoms with Crippen LogP contribution in [0.25, 0.3) is 10.8 Å². The summed E-state index contributed by atoms with van der Waals surface area (Å²) < 4.78 is 7.99. The quantitative estimate of drug-likeness (QED) is 0.329. The van der Waals surface area contributed by atoms with Gasteiger partial charge in [0.05, 0.1) is 10.0 Å². The minimum atomic E-state index is 0.385. The molecule has 0 aliphatic heterocycles. The van der Waals surface area contributed by atoms with Crippen molar-refractivity contribution in [2.75, 3.05) is 5.32 Å². The highest BCUT2D eigenvalue weighted by Crippen LogP contribution is 2.30. The van der Waals surface area contributed by atoms with Gasteiger partial charge in [-0.1, -0.05) is 78.0 Å². The molecule has 0 radical (unpaired) electrons. The molecule has 0 bridgehead atoms. The number of halogens is 2. The Balaban J connectivity index is 1.58. The second kappa shape index (κ2) is 9.98. The zero-order chi connectivity index (χ0) is 21.6. The third-order valence-electron chi connectivity index (χ3n) is 5.05. The SMILES string of the molecule is CCCCn1nnnc1NCc1c(OCc2ccc(Cl)c(Cl)c2)ccc2ccccc12. The number of nitrogens with zero attached hydrogens (tertiary/aromatic N) is 4. The van der Waals surface area contributed by atoms with Gasteiger partial charge < -0.3 is 10.1 Å². The standard InChI is InChI=1S/C23H23Cl2N5O/c1-2-3-12-30-23(27-28-29-30)26-14-19-18-7-5-4-6-17(18)9-11-22(19)31-15-16-8-10-20(24)21(25)13-16/h4-11,13H,2-3,12,14-15H2,1H3,(H,26,27,29). The Morgan fingerprint density at radius 3 is 2.74 bits per heavy atom. The van der Waals surface area contributed by atoms with Crippen molar-refractivity contribution >= 4 is 39.9 Å². The van der Waals surface area contributed by atoms with Crippen molar-refractivity contribution in [2.24, 2.45) is 0 Å². The summed E-state index contributed by atoms with van der Waals surface area (Å²) in [7, 11) is 0. The van der Waals surface area contributed by atoms with Gasteiger partial charge in [-0.25, -0.2) is 4.68 Å². The first-order valence-electron chi connectivity index (χ1n) is 10.2. The normalized spacial score (nSPS) is 11.1. The molecule has 1 heterocycles. The first kappa shape index (κ1) is 21.4. The Labute approximate surface area is 191 Å². The molecule has 0 aliphatic rings. The summed E-state index contributed by atoms with van der Waals surface area (Å²) in [6.45, 7) is 3.84. The smallest absolute Gasteiger partial charge is 0.243 e. The number of ether oxygens (including phenoxy) is 1. The van der Waals surface area contributed by atoms with Crippen LogP contribution < -0.4 is 10.1 Å². The third-order valence-corrected chi connectivity index (χ3v) is 5.79. The number of aryl methyl sites for hydroxylation is 1. The molecule has 160 valence electrons. The number of nitrogens with one attached hydrogen (secondary N) is 1. The van der Waals surface area contributed by atoms with Gasteiger partial charge in [-0.15, -0.1) is 0 Å². The second-order valence-electron chi connectivity index (χ2n) is 7.23. The molecule has 8 heteroatoms. The molecule has 3 aromatic carbocycles. The predicted molar refractivity (Wildman–Crippen MR) is 125 cm³/mol. The lowest BCUT2D eigenvalue weighted by Gasteiger charge is -2.16. The average molecular weight is 456 g/mol. The topological polar surface area (TPSA) is 64.9 Å². The Morgan fingerprint density at radius 1 is 1.03 bits per heavy atom. The van der Waals surface area contributed by atoms with Crippen LogP contribution in [0.15, 0.2) is 54.6 Å². The van der Waals surface area contributed by atoms with E-state index in [1.165, 1.54) is 0 Å². The summed E-state index contributed by atoms with van der Waals surface area (Å²) in [6.07, 6.45) is 2.10. The summed E-state index contributed by atoms with van der Waals surface area (Å²) in [6, 6.07) is 17.8. The molecule has 4 rings (SSSR count). The summed E-state index contributed by atoms with van der Waals surface area (Å²) in [5.74, 6) is 1.45. The Morgan fingerprint density at radius 2 is 1.90 bits per heavy atom. The summed E-state index contributed by atoms with van der Waals surface area (Å²) >= 11 is 12.2. The molecular weight excluding hydrogens is 433 g/mol. The molecule has 0 amide bonds. The Bertz CT molecular complexity index is 1180. The van der Waals surface area contributed by atoms with Gasteiger partial charge in [-0.3, -0.25) is 0 Å². The van der Waals surface area contributed by atoms with Crippen LogP contribution in [0.5, 0.6) is 5.75 Å². The highest BCUT2D eigenvalue weighted by Gasteiger charge is 2.12. The summed E-state index contributed by atoms with van der Waals surface area (Å²) in [5.41, 5.74) is 1.99. The van der Waals surface area contributed by atoms with Crippen LogP contribution >= 0.6 is 23.2 Å². The van der Waals surface area contributed by atoms with Crippen molar-refractivity contribution in [1.29, 1.82) is 0 Å². The number of tetrazole rings is 1. The highest BCUT2D eigenvalue weighted by atomic mass is 35.5. The van der Waals surface area contributed by atoms with Gasteiger partial charge in [0, 0.05) is 18.7 Å². The van der Waals surface area contributed by atoms with Gasteiger partial charge in [0.2, 0.25) is 5.95 Å². The zero-order valence-corrected chi connectivity index (χ0v) is 18.7. The second-order valence-corrected chi connectivity index (χ2v) is 8.05. The fourth-order valence-corrected chi connectivity index (χ4v) is 3.70. The van der Waals surface area contributed by atoms with Gasteiger partial charge >= 0.3 is 0 Å². The fourth-order valence-electron chi connectivity index (χ4n) is 3.38. The molecular formula is C23H23Cl2N5O. The minimum Gasteiger partial charge on any atom is -0.489 e. The van der Waals surface area contributed by atoms with E-state index < -0.39 is 0 Å². The van der Waals surface area contributed by atoms with Crippen LogP contribution in [0, 0.1) is 0 Å². The van der Waals surface area contributed by atoms with Gasteiger partial charge in [0.15, 0.2) is 0 Å². The molecule has 1 aromatic heterocycles. The number of aromatic nitrogens is 4. The fraction of sp³-hybridized carbons (Fsp3) is 0.261. The van der Waals surface area contributed by atoms with Crippen molar-refractivity contribution < 1.29 is 4.74 Å². The van der Waals surface area contributed by atoms with Crippen molar-refractivity contribution in [2.45, 2.75) is 39.5 Å². The van der Waals surface area contributed by atoms with Crippen LogP contribution in [-0.2, 0) is 19.7 Å². The molecule has 0 atom stereocenters. The van der Waals surface area contributed by atoms with E-state index in [4.69, 9.17) is 27.9 Å². The summed E-state index contributed by atoms with van der Waals surface area (Å²) in [4.78, 5) is 0. The summed E-state index contributed by atoms with van der Waals surface area (Å²) in [5, 5.41) is 18.7. The number of hydrogen-bond donors (Lipinski definition) is 1. The van der Waals surface area contributed by atoms with Gasteiger partial charge in [0.25, 0.3) is 0 Å². The molecule has 0 saturated heterocycles. The first-order valence-corrected chi connectivity index (χ1v) is 11.0. The molecule has 0 spiro atoms. The maximum absolute atomic E-state index is 6.19. The van der Waals surface area contributed by atoms with E-state index >= 15 is 0 Å². The van der Waals surface area contributed by atoms with E-state index in [2.05, 4.69) is 46.0 Å². The van der Waals surface area contributed by atoms with Crippen LogP contribution in [0.4, 0.5) is 5.95 Å². The van der Waals surface area contributed by atoms with E-state index in [0.29, 0.717) is 29.1 Å². The monoisotopic (exact) mass is 455 g/mol. The van der Waals surface area contributed by atoms with Crippen molar-refractivity contribution in [3.05, 3.63) is 75.8 Å². The van der Waals surface area contributed by atoms with E-state index in [9.17, 15) is 0 Å². The molecule has 4 aromatic rings. The van der Waals surface area contributed by atoms with Crippen LogP contribution in [-0.4, -0.2) is 20.2 Å². The predicted octanol–water partition coefficient (Wildman–Crippen LogP) is 6.12. The lowest BCUT2D eigenvalue weighted by molar-refractivity contribution is 0.304. The molecule has 1 N–H and O–H groups in total.